The smallest absolute Gasteiger partial charge is 0.257 e. The second-order valence-electron chi connectivity index (χ2n) is 4.58. The van der Waals surface area contributed by atoms with Crippen molar-refractivity contribution in [3.05, 3.63) is 59.1 Å². The Morgan fingerprint density at radius 3 is 2.81 bits per heavy atom. The van der Waals surface area contributed by atoms with Gasteiger partial charge in [0.2, 0.25) is 0 Å². The van der Waals surface area contributed by atoms with E-state index < -0.39 is 0 Å². The van der Waals surface area contributed by atoms with Gasteiger partial charge >= 0.3 is 0 Å². The van der Waals surface area contributed by atoms with Gasteiger partial charge in [-0.2, -0.15) is 4.73 Å². The molecule has 1 aromatic carbocycles. The molecule has 0 aliphatic carbocycles. The number of aromatic nitrogens is 2. The monoisotopic (exact) mass is 299 g/mol. The van der Waals surface area contributed by atoms with Gasteiger partial charge in [0.25, 0.3) is 5.91 Å². The molecular formula is C15H13N3O2S. The fourth-order valence-electron chi connectivity index (χ4n) is 1.98. The number of anilines is 1. The topological polar surface area (TPSA) is 68.9 Å². The maximum Gasteiger partial charge on any atom is 0.257 e. The second-order valence-corrected chi connectivity index (χ2v) is 5.61. The summed E-state index contributed by atoms with van der Waals surface area (Å²) < 4.78 is 1.69. The summed E-state index contributed by atoms with van der Waals surface area (Å²) in [6, 6.07) is 9.04. The maximum absolute atomic E-state index is 12.1. The molecule has 0 aliphatic rings. The summed E-state index contributed by atoms with van der Waals surface area (Å²) in [6.45, 7) is 2.10. The Morgan fingerprint density at radius 1 is 1.33 bits per heavy atom. The number of nitrogens with zero attached hydrogens (tertiary/aromatic N) is 2. The standard InChI is InChI=1S/C15H13N3O2S/c1-2-10-3-4-12-13(9-10)21-15(16-12)17-14(19)11-5-7-18(20)8-6-11/h3-9H,2H2,1H3,(H,16,17,19). The number of carbonyl (C=O) groups excluding carboxylic acids is 1. The summed E-state index contributed by atoms with van der Waals surface area (Å²) in [5, 5.41) is 14.3. The van der Waals surface area contributed by atoms with Crippen LogP contribution >= 0.6 is 11.3 Å². The molecule has 2 aromatic heterocycles. The summed E-state index contributed by atoms with van der Waals surface area (Å²) in [6.07, 6.45) is 3.55. The van der Waals surface area contributed by atoms with Crippen LogP contribution in [0.4, 0.5) is 5.13 Å². The average Bonchev–Trinajstić information content (AvgIpc) is 2.88. The Hall–Kier alpha value is -2.47. The summed E-state index contributed by atoms with van der Waals surface area (Å²) in [5.41, 5.74) is 2.54. The molecule has 106 valence electrons. The molecule has 0 atom stereocenters. The van der Waals surface area contributed by atoms with E-state index in [4.69, 9.17) is 0 Å². The Labute approximate surface area is 125 Å². The van der Waals surface area contributed by atoms with Crippen molar-refractivity contribution in [1.29, 1.82) is 0 Å². The fraction of sp³-hybridized carbons (Fsp3) is 0.133. The van der Waals surface area contributed by atoms with Crippen molar-refractivity contribution in [1.82, 2.24) is 4.98 Å². The van der Waals surface area contributed by atoms with E-state index in [0.29, 0.717) is 15.4 Å². The summed E-state index contributed by atoms with van der Waals surface area (Å²) in [5.74, 6) is -0.273. The van der Waals surface area contributed by atoms with Gasteiger partial charge in [-0.25, -0.2) is 4.98 Å². The molecule has 3 rings (SSSR count). The molecule has 3 aromatic rings. The van der Waals surface area contributed by atoms with Crippen molar-refractivity contribution in [2.75, 3.05) is 5.32 Å². The maximum atomic E-state index is 12.1. The lowest BCUT2D eigenvalue weighted by molar-refractivity contribution is -0.605. The third-order valence-electron chi connectivity index (χ3n) is 3.15. The number of thiazole rings is 1. The van der Waals surface area contributed by atoms with E-state index in [-0.39, 0.29) is 5.91 Å². The van der Waals surface area contributed by atoms with Crippen LogP contribution in [0.5, 0.6) is 0 Å². The molecule has 0 saturated carbocycles. The fourth-order valence-corrected chi connectivity index (χ4v) is 2.90. The number of aryl methyl sites for hydroxylation is 1. The van der Waals surface area contributed by atoms with Gasteiger partial charge in [-0.1, -0.05) is 24.3 Å². The van der Waals surface area contributed by atoms with Crippen LogP contribution in [0.2, 0.25) is 0 Å². The average molecular weight is 299 g/mol. The molecule has 0 bridgehead atoms. The highest BCUT2D eigenvalue weighted by Gasteiger charge is 2.11. The van der Waals surface area contributed by atoms with Crippen LogP contribution in [0.15, 0.2) is 42.7 Å². The van der Waals surface area contributed by atoms with Gasteiger partial charge in [0.15, 0.2) is 17.5 Å². The Balaban J connectivity index is 1.84. The lowest BCUT2D eigenvalue weighted by atomic mass is 10.2. The van der Waals surface area contributed by atoms with Crippen molar-refractivity contribution in [3.63, 3.8) is 0 Å². The van der Waals surface area contributed by atoms with Gasteiger partial charge in [0.05, 0.1) is 15.8 Å². The quantitative estimate of drug-likeness (QED) is 0.597. The van der Waals surface area contributed by atoms with Gasteiger partial charge in [-0.05, 0) is 24.1 Å². The molecule has 1 N–H and O–H groups in total. The predicted octanol–water partition coefficient (Wildman–Crippen LogP) is 2.74. The molecule has 1 amide bonds. The molecule has 5 nitrogen and oxygen atoms in total. The minimum absolute atomic E-state index is 0.273. The first-order valence-corrected chi connectivity index (χ1v) is 7.37. The number of pyridine rings is 1. The van der Waals surface area contributed by atoms with Gasteiger partial charge < -0.3 is 5.21 Å². The largest absolute Gasteiger partial charge is 0.619 e. The van der Waals surface area contributed by atoms with Gasteiger partial charge in [0.1, 0.15) is 0 Å². The Kier molecular flexibility index (Phi) is 3.53. The molecule has 6 heteroatoms. The number of carbonyl (C=O) groups is 1. The summed E-state index contributed by atoms with van der Waals surface area (Å²) >= 11 is 1.44. The molecule has 0 saturated heterocycles. The minimum Gasteiger partial charge on any atom is -0.619 e. The highest BCUT2D eigenvalue weighted by molar-refractivity contribution is 7.22. The van der Waals surface area contributed by atoms with Crippen LogP contribution in [-0.2, 0) is 6.42 Å². The number of fused-ring (bicyclic) bond motifs is 1. The zero-order chi connectivity index (χ0) is 14.8. The van der Waals surface area contributed by atoms with Crippen molar-refractivity contribution < 1.29 is 9.52 Å². The third-order valence-corrected chi connectivity index (χ3v) is 4.08. The molecule has 0 radical (unpaired) electrons. The second kappa shape index (κ2) is 5.49. The van der Waals surface area contributed by atoms with E-state index in [1.54, 1.807) is 0 Å². The van der Waals surface area contributed by atoms with E-state index in [0.717, 1.165) is 16.6 Å². The minimum atomic E-state index is -0.273. The number of hydrogen-bond donors (Lipinski definition) is 1. The first kappa shape index (κ1) is 13.5. The lowest BCUT2D eigenvalue weighted by Crippen LogP contribution is -2.25. The zero-order valence-corrected chi connectivity index (χ0v) is 12.2. The Morgan fingerprint density at radius 2 is 2.10 bits per heavy atom. The number of nitrogens with one attached hydrogen (secondary N) is 1. The molecule has 0 fully saturated rings. The highest BCUT2D eigenvalue weighted by Crippen LogP contribution is 2.27. The molecular weight excluding hydrogens is 286 g/mol. The van der Waals surface area contributed by atoms with E-state index >= 15 is 0 Å². The molecule has 0 spiro atoms. The van der Waals surface area contributed by atoms with E-state index in [9.17, 15) is 10.0 Å². The van der Waals surface area contributed by atoms with Crippen LogP contribution in [0.25, 0.3) is 10.2 Å². The lowest BCUT2D eigenvalue weighted by Gasteiger charge is -2.00. The summed E-state index contributed by atoms with van der Waals surface area (Å²) in [7, 11) is 0. The van der Waals surface area contributed by atoms with Crippen molar-refractivity contribution in [3.8, 4) is 0 Å². The van der Waals surface area contributed by atoms with Crippen molar-refractivity contribution >= 4 is 32.6 Å². The molecule has 2 heterocycles. The number of amides is 1. The Bertz CT molecular complexity index is 796. The van der Waals surface area contributed by atoms with Crippen LogP contribution in [0.1, 0.15) is 22.8 Å². The van der Waals surface area contributed by atoms with Gasteiger partial charge in [-0.15, -0.1) is 0 Å². The number of hydrogen-bond acceptors (Lipinski definition) is 4. The first-order valence-electron chi connectivity index (χ1n) is 6.55. The van der Waals surface area contributed by atoms with Crippen LogP contribution in [0, 0.1) is 5.21 Å². The first-order chi connectivity index (χ1) is 10.2. The van der Waals surface area contributed by atoms with Crippen LogP contribution < -0.4 is 10.0 Å². The number of rotatable bonds is 3. The van der Waals surface area contributed by atoms with Crippen molar-refractivity contribution in [2.45, 2.75) is 13.3 Å². The van der Waals surface area contributed by atoms with Gasteiger partial charge in [-0.3, -0.25) is 10.1 Å². The normalized spacial score (nSPS) is 10.7. The molecule has 0 unspecified atom stereocenters. The third kappa shape index (κ3) is 2.85. The van der Waals surface area contributed by atoms with Crippen molar-refractivity contribution in [2.24, 2.45) is 0 Å². The highest BCUT2D eigenvalue weighted by atomic mass is 32.1. The number of benzene rings is 1. The van der Waals surface area contributed by atoms with E-state index in [1.807, 2.05) is 12.1 Å². The summed E-state index contributed by atoms with van der Waals surface area (Å²) in [4.78, 5) is 16.5. The van der Waals surface area contributed by atoms with E-state index in [2.05, 4.69) is 23.3 Å². The molecule has 21 heavy (non-hydrogen) atoms. The van der Waals surface area contributed by atoms with E-state index in [1.165, 1.54) is 41.4 Å². The zero-order valence-electron chi connectivity index (χ0n) is 11.4. The predicted molar refractivity (Wildman–Crippen MR) is 82.4 cm³/mol. The van der Waals surface area contributed by atoms with Crippen LogP contribution in [0.3, 0.4) is 0 Å². The molecule has 0 aliphatic heterocycles. The SMILES string of the molecule is CCc1ccc2nc(NC(=O)c3cc[n+]([O-])cc3)sc2c1. The van der Waals surface area contributed by atoms with Crippen LogP contribution in [-0.4, -0.2) is 10.9 Å². The van der Waals surface area contributed by atoms with Gasteiger partial charge in [0, 0.05) is 12.1 Å².